The second-order valence-corrected chi connectivity index (χ2v) is 8.68. The third kappa shape index (κ3) is 3.05. The number of nitrogens with two attached hydrogens (primary N) is 1. The smallest absolute Gasteiger partial charge is 0.257 e. The van der Waals surface area contributed by atoms with Crippen LogP contribution in [0.15, 0.2) is 28.3 Å². The van der Waals surface area contributed by atoms with Gasteiger partial charge in [0, 0.05) is 31.9 Å². The second-order valence-electron chi connectivity index (χ2n) is 6.93. The molecule has 3 aliphatic heterocycles. The number of rotatable bonds is 1. The molecule has 0 radical (unpaired) electrons. The maximum absolute atomic E-state index is 12.9. The van der Waals surface area contributed by atoms with Crippen molar-refractivity contribution in [2.75, 3.05) is 25.4 Å². The Hall–Kier alpha value is -1.67. The molecule has 3 rings (SSSR count). The van der Waals surface area contributed by atoms with Gasteiger partial charge in [0.15, 0.2) is 5.84 Å². The molecule has 23 heavy (non-hydrogen) atoms. The van der Waals surface area contributed by atoms with Gasteiger partial charge in [-0.3, -0.25) is 4.79 Å². The van der Waals surface area contributed by atoms with E-state index in [2.05, 4.69) is 4.40 Å². The Balaban J connectivity index is 1.89. The van der Waals surface area contributed by atoms with E-state index in [1.165, 1.54) is 0 Å². The minimum absolute atomic E-state index is 0.0338. The molecule has 3 heterocycles. The number of nitrogens with zero attached hydrogens (tertiary/aromatic N) is 3. The molecule has 1 saturated heterocycles. The number of likely N-dealkylation sites (tertiary alicyclic amines) is 1. The fourth-order valence-electron chi connectivity index (χ4n) is 3.10. The number of amidine groups is 1. The summed E-state index contributed by atoms with van der Waals surface area (Å²) >= 11 is 0. The van der Waals surface area contributed by atoms with Crippen LogP contribution in [-0.4, -0.2) is 61.4 Å². The van der Waals surface area contributed by atoms with Crippen molar-refractivity contribution in [2.24, 2.45) is 15.5 Å². The van der Waals surface area contributed by atoms with Gasteiger partial charge in [0.25, 0.3) is 15.9 Å². The Bertz CT molecular complexity index is 721. The standard InChI is InChI=1S/C15H22N4O3S/c1-15(2)10-19(7-5-12(15)16)14(20)11-4-3-6-18-8-9-23(21,22)17-13(11)18/h3-4,6,12H,5,7-10,16H2,1-2H3. The Morgan fingerprint density at radius 3 is 2.83 bits per heavy atom. The zero-order valence-corrected chi connectivity index (χ0v) is 14.2. The van der Waals surface area contributed by atoms with E-state index in [9.17, 15) is 13.2 Å². The number of hydrogen-bond acceptors (Lipinski definition) is 5. The lowest BCUT2D eigenvalue weighted by molar-refractivity contribution is -0.130. The third-order valence-corrected chi connectivity index (χ3v) is 5.84. The van der Waals surface area contributed by atoms with Crippen LogP contribution in [-0.2, 0) is 14.8 Å². The monoisotopic (exact) mass is 338 g/mol. The highest BCUT2D eigenvalue weighted by Gasteiger charge is 2.38. The van der Waals surface area contributed by atoms with Crippen molar-refractivity contribution in [3.63, 3.8) is 0 Å². The quantitative estimate of drug-likeness (QED) is 0.730. The van der Waals surface area contributed by atoms with Gasteiger partial charge in [-0.2, -0.15) is 0 Å². The first-order valence-electron chi connectivity index (χ1n) is 7.73. The molecule has 7 nitrogen and oxygen atoms in total. The first-order valence-corrected chi connectivity index (χ1v) is 9.33. The zero-order valence-electron chi connectivity index (χ0n) is 13.4. The van der Waals surface area contributed by atoms with Crippen LogP contribution in [0.5, 0.6) is 0 Å². The van der Waals surface area contributed by atoms with Crippen LogP contribution in [0.2, 0.25) is 0 Å². The first kappa shape index (κ1) is 16.2. The number of carbonyl (C=O) groups is 1. The zero-order chi connectivity index (χ0) is 16.8. The SMILES string of the molecule is CC1(C)CN(C(=O)C2=CC=CN3CCS(=O)(=O)N=C23)CCC1N. The van der Waals surface area contributed by atoms with E-state index >= 15 is 0 Å². The van der Waals surface area contributed by atoms with Crippen molar-refractivity contribution in [3.8, 4) is 0 Å². The number of piperidine rings is 1. The van der Waals surface area contributed by atoms with Gasteiger partial charge in [-0.15, -0.1) is 4.40 Å². The van der Waals surface area contributed by atoms with E-state index < -0.39 is 10.0 Å². The Morgan fingerprint density at radius 2 is 2.13 bits per heavy atom. The number of carbonyl (C=O) groups excluding carboxylic acids is 1. The van der Waals surface area contributed by atoms with Crippen LogP contribution in [0.3, 0.4) is 0 Å². The van der Waals surface area contributed by atoms with Crippen molar-refractivity contribution in [3.05, 3.63) is 23.9 Å². The van der Waals surface area contributed by atoms with Gasteiger partial charge in [0.1, 0.15) is 0 Å². The van der Waals surface area contributed by atoms with E-state index in [0.717, 1.165) is 6.42 Å². The second kappa shape index (κ2) is 5.45. The minimum Gasteiger partial charge on any atom is -0.338 e. The van der Waals surface area contributed by atoms with Gasteiger partial charge < -0.3 is 15.5 Å². The van der Waals surface area contributed by atoms with Crippen molar-refractivity contribution < 1.29 is 13.2 Å². The van der Waals surface area contributed by atoms with Crippen molar-refractivity contribution in [1.29, 1.82) is 0 Å². The molecule has 2 N–H and O–H groups in total. The van der Waals surface area contributed by atoms with E-state index in [4.69, 9.17) is 5.73 Å². The average molecular weight is 338 g/mol. The molecule has 0 aromatic rings. The van der Waals surface area contributed by atoms with Gasteiger partial charge in [-0.05, 0) is 24.0 Å². The summed E-state index contributed by atoms with van der Waals surface area (Å²) in [6.45, 7) is 5.53. The largest absolute Gasteiger partial charge is 0.338 e. The molecule has 1 atom stereocenters. The summed E-state index contributed by atoms with van der Waals surface area (Å²) in [5.41, 5.74) is 6.29. The van der Waals surface area contributed by atoms with Crippen LogP contribution < -0.4 is 5.73 Å². The van der Waals surface area contributed by atoms with Crippen LogP contribution in [0, 0.1) is 5.41 Å². The van der Waals surface area contributed by atoms with Crippen LogP contribution in [0.25, 0.3) is 0 Å². The fourth-order valence-corrected chi connectivity index (χ4v) is 4.09. The van der Waals surface area contributed by atoms with Gasteiger partial charge in [0.05, 0.1) is 11.3 Å². The highest BCUT2D eigenvalue weighted by atomic mass is 32.2. The molecule has 1 amide bonds. The van der Waals surface area contributed by atoms with Crippen molar-refractivity contribution in [2.45, 2.75) is 26.3 Å². The fraction of sp³-hybridized carbons (Fsp3) is 0.600. The Labute approximate surface area is 136 Å². The Kier molecular flexibility index (Phi) is 3.84. The van der Waals surface area contributed by atoms with Gasteiger partial charge in [0.2, 0.25) is 0 Å². The first-order chi connectivity index (χ1) is 10.7. The van der Waals surface area contributed by atoms with E-state index in [1.807, 2.05) is 13.8 Å². The van der Waals surface area contributed by atoms with Crippen LogP contribution in [0.1, 0.15) is 20.3 Å². The van der Waals surface area contributed by atoms with Crippen LogP contribution >= 0.6 is 0 Å². The average Bonchev–Trinajstić information content (AvgIpc) is 2.48. The molecule has 0 aromatic heterocycles. The summed E-state index contributed by atoms with van der Waals surface area (Å²) in [7, 11) is -3.50. The molecular formula is C15H22N4O3S. The summed E-state index contributed by atoms with van der Waals surface area (Å²) < 4.78 is 27.4. The molecule has 1 fully saturated rings. The Morgan fingerprint density at radius 1 is 1.39 bits per heavy atom. The highest BCUT2D eigenvalue weighted by Crippen LogP contribution is 2.29. The normalized spacial score (nSPS) is 28.7. The summed E-state index contributed by atoms with van der Waals surface area (Å²) in [5, 5.41) is 0. The maximum atomic E-state index is 12.9. The maximum Gasteiger partial charge on any atom is 0.257 e. The molecule has 126 valence electrons. The minimum atomic E-state index is -3.50. The molecule has 0 bridgehead atoms. The predicted molar refractivity (Wildman–Crippen MR) is 88.1 cm³/mol. The summed E-state index contributed by atoms with van der Waals surface area (Å²) in [5.74, 6) is 0.0140. The number of hydrogen-bond donors (Lipinski definition) is 1. The number of amides is 1. The van der Waals surface area contributed by atoms with Crippen molar-refractivity contribution >= 4 is 21.8 Å². The number of sulfonamides is 1. The van der Waals surface area contributed by atoms with Gasteiger partial charge >= 0.3 is 0 Å². The van der Waals surface area contributed by atoms with Gasteiger partial charge in [-0.1, -0.05) is 13.8 Å². The van der Waals surface area contributed by atoms with E-state index in [0.29, 0.717) is 25.2 Å². The highest BCUT2D eigenvalue weighted by molar-refractivity contribution is 7.90. The summed E-state index contributed by atoms with van der Waals surface area (Å²) in [6.07, 6.45) is 5.88. The third-order valence-electron chi connectivity index (χ3n) is 4.69. The van der Waals surface area contributed by atoms with Crippen LogP contribution in [0.4, 0.5) is 0 Å². The van der Waals surface area contributed by atoms with E-state index in [-0.39, 0.29) is 29.0 Å². The molecular weight excluding hydrogens is 316 g/mol. The lowest BCUT2D eigenvalue weighted by Gasteiger charge is -2.43. The molecule has 0 aromatic carbocycles. The van der Waals surface area contributed by atoms with Gasteiger partial charge in [-0.25, -0.2) is 8.42 Å². The number of allylic oxidation sites excluding steroid dienone is 2. The molecule has 8 heteroatoms. The lowest BCUT2D eigenvalue weighted by atomic mass is 9.79. The molecule has 1 unspecified atom stereocenters. The molecule has 0 saturated carbocycles. The molecule has 0 aliphatic carbocycles. The van der Waals surface area contributed by atoms with Crippen molar-refractivity contribution in [1.82, 2.24) is 9.80 Å². The number of fused-ring (bicyclic) bond motifs is 1. The summed E-state index contributed by atoms with van der Waals surface area (Å²) in [6, 6.07) is 0.0516. The van der Waals surface area contributed by atoms with E-state index in [1.54, 1.807) is 28.2 Å². The predicted octanol–water partition coefficient (Wildman–Crippen LogP) is 0.0698. The summed E-state index contributed by atoms with van der Waals surface area (Å²) in [4.78, 5) is 16.4. The lowest BCUT2D eigenvalue weighted by Crippen LogP contribution is -2.55. The molecule has 0 spiro atoms. The molecule has 3 aliphatic rings. The topological polar surface area (TPSA) is 96.1 Å².